The van der Waals surface area contributed by atoms with Crippen molar-refractivity contribution >= 4 is 12.4 Å². The SMILES string of the molecule is CCC(F)(F)c1ccc(CN)cc1.Cl. The van der Waals surface area contributed by atoms with Crippen molar-refractivity contribution in [2.45, 2.75) is 25.8 Å². The summed E-state index contributed by atoms with van der Waals surface area (Å²) in [6.45, 7) is 1.86. The Balaban J connectivity index is 0.00000169. The van der Waals surface area contributed by atoms with Crippen molar-refractivity contribution < 1.29 is 8.78 Å². The summed E-state index contributed by atoms with van der Waals surface area (Å²) in [4.78, 5) is 0. The molecule has 2 N–H and O–H groups in total. The van der Waals surface area contributed by atoms with Gasteiger partial charge in [0.1, 0.15) is 0 Å². The second-order valence-electron chi connectivity index (χ2n) is 2.96. The number of benzene rings is 1. The lowest BCUT2D eigenvalue weighted by Crippen LogP contribution is -2.11. The van der Waals surface area contributed by atoms with Gasteiger partial charge in [0.25, 0.3) is 5.92 Å². The van der Waals surface area contributed by atoms with Crippen LogP contribution in [0.15, 0.2) is 24.3 Å². The zero-order valence-electron chi connectivity index (χ0n) is 7.97. The third kappa shape index (κ3) is 2.93. The number of nitrogens with two attached hydrogens (primary N) is 1. The molecule has 0 fully saturated rings. The molecule has 0 aromatic heterocycles. The first-order valence-corrected chi connectivity index (χ1v) is 4.27. The van der Waals surface area contributed by atoms with Crippen LogP contribution in [0.25, 0.3) is 0 Å². The van der Waals surface area contributed by atoms with Crippen molar-refractivity contribution in [3.8, 4) is 0 Å². The fraction of sp³-hybridized carbons (Fsp3) is 0.400. The van der Waals surface area contributed by atoms with Crippen LogP contribution in [0.5, 0.6) is 0 Å². The Labute approximate surface area is 88.7 Å². The highest BCUT2D eigenvalue weighted by Crippen LogP contribution is 2.30. The first-order chi connectivity index (χ1) is 6.10. The number of halogens is 3. The summed E-state index contributed by atoms with van der Waals surface area (Å²) < 4.78 is 26.2. The van der Waals surface area contributed by atoms with Crippen LogP contribution < -0.4 is 5.73 Å². The molecule has 0 heterocycles. The first-order valence-electron chi connectivity index (χ1n) is 4.27. The number of hydrogen-bond donors (Lipinski definition) is 1. The van der Waals surface area contributed by atoms with E-state index in [2.05, 4.69) is 0 Å². The van der Waals surface area contributed by atoms with E-state index < -0.39 is 5.92 Å². The molecule has 1 aromatic carbocycles. The number of hydrogen-bond acceptors (Lipinski definition) is 1. The summed E-state index contributed by atoms with van der Waals surface area (Å²) in [7, 11) is 0. The molecular weight excluding hydrogens is 208 g/mol. The summed E-state index contributed by atoms with van der Waals surface area (Å²) in [5.41, 5.74) is 6.29. The summed E-state index contributed by atoms with van der Waals surface area (Å²) >= 11 is 0. The minimum atomic E-state index is -2.72. The molecule has 0 unspecified atom stereocenters. The van der Waals surface area contributed by atoms with E-state index >= 15 is 0 Å². The molecule has 0 amide bonds. The molecule has 0 bridgehead atoms. The number of rotatable bonds is 3. The van der Waals surface area contributed by atoms with Crippen LogP contribution in [0.1, 0.15) is 24.5 Å². The van der Waals surface area contributed by atoms with Crippen LogP contribution in [0.2, 0.25) is 0 Å². The minimum Gasteiger partial charge on any atom is -0.326 e. The van der Waals surface area contributed by atoms with Gasteiger partial charge in [-0.1, -0.05) is 31.2 Å². The van der Waals surface area contributed by atoms with Crippen molar-refractivity contribution in [1.29, 1.82) is 0 Å². The molecule has 0 spiro atoms. The van der Waals surface area contributed by atoms with Crippen LogP contribution in [0, 0.1) is 0 Å². The van der Waals surface area contributed by atoms with E-state index in [1.165, 1.54) is 19.1 Å². The smallest absolute Gasteiger partial charge is 0.273 e. The molecular formula is C10H14ClF2N. The molecule has 0 aliphatic rings. The van der Waals surface area contributed by atoms with E-state index in [-0.39, 0.29) is 24.4 Å². The fourth-order valence-corrected chi connectivity index (χ4v) is 1.09. The van der Waals surface area contributed by atoms with E-state index in [0.29, 0.717) is 6.54 Å². The lowest BCUT2D eigenvalue weighted by Gasteiger charge is -2.14. The van der Waals surface area contributed by atoms with E-state index in [1.807, 2.05) is 0 Å². The maximum absolute atomic E-state index is 13.1. The predicted octanol–water partition coefficient (Wildman–Crippen LogP) is 3.07. The van der Waals surface area contributed by atoms with Gasteiger partial charge in [-0.25, -0.2) is 8.78 Å². The molecule has 0 radical (unpaired) electrons. The van der Waals surface area contributed by atoms with Gasteiger partial charge in [0.2, 0.25) is 0 Å². The molecule has 0 atom stereocenters. The van der Waals surface area contributed by atoms with Gasteiger partial charge in [-0.15, -0.1) is 12.4 Å². The van der Waals surface area contributed by atoms with Crippen LogP contribution in [0.4, 0.5) is 8.78 Å². The van der Waals surface area contributed by atoms with Gasteiger partial charge in [0.05, 0.1) is 0 Å². The van der Waals surface area contributed by atoms with E-state index in [4.69, 9.17) is 5.73 Å². The van der Waals surface area contributed by atoms with Crippen molar-refractivity contribution in [2.75, 3.05) is 0 Å². The first kappa shape index (κ1) is 13.3. The Bertz CT molecular complexity index is 272. The largest absolute Gasteiger partial charge is 0.326 e. The molecule has 1 aromatic rings. The monoisotopic (exact) mass is 221 g/mol. The number of alkyl halides is 2. The maximum Gasteiger partial charge on any atom is 0.273 e. The molecule has 4 heteroatoms. The van der Waals surface area contributed by atoms with Crippen molar-refractivity contribution in [3.05, 3.63) is 35.4 Å². The Kier molecular flexibility index (Phi) is 5.02. The zero-order chi connectivity index (χ0) is 9.90. The minimum absolute atomic E-state index is 0. The second-order valence-corrected chi connectivity index (χ2v) is 2.96. The van der Waals surface area contributed by atoms with Gasteiger partial charge in [0, 0.05) is 18.5 Å². The Morgan fingerprint density at radius 2 is 1.71 bits per heavy atom. The second kappa shape index (κ2) is 5.27. The Morgan fingerprint density at radius 1 is 1.21 bits per heavy atom. The highest BCUT2D eigenvalue weighted by Gasteiger charge is 2.28. The van der Waals surface area contributed by atoms with Gasteiger partial charge in [-0.2, -0.15) is 0 Å². The lowest BCUT2D eigenvalue weighted by molar-refractivity contribution is -0.00829. The average molecular weight is 222 g/mol. The van der Waals surface area contributed by atoms with Crippen LogP contribution >= 0.6 is 12.4 Å². The van der Waals surface area contributed by atoms with Crippen molar-refractivity contribution in [2.24, 2.45) is 5.73 Å². The highest BCUT2D eigenvalue weighted by molar-refractivity contribution is 5.85. The molecule has 80 valence electrons. The van der Waals surface area contributed by atoms with Crippen molar-refractivity contribution in [1.82, 2.24) is 0 Å². The fourth-order valence-electron chi connectivity index (χ4n) is 1.09. The molecule has 1 nitrogen and oxygen atoms in total. The Hall–Kier alpha value is -0.670. The molecule has 0 aliphatic carbocycles. The molecule has 1 rings (SSSR count). The molecule has 0 saturated heterocycles. The average Bonchev–Trinajstić information content (AvgIpc) is 2.18. The van der Waals surface area contributed by atoms with Crippen LogP contribution in [-0.4, -0.2) is 0 Å². The highest BCUT2D eigenvalue weighted by atomic mass is 35.5. The van der Waals surface area contributed by atoms with E-state index in [0.717, 1.165) is 5.56 Å². The predicted molar refractivity (Wildman–Crippen MR) is 55.8 cm³/mol. The van der Waals surface area contributed by atoms with Gasteiger partial charge in [-0.3, -0.25) is 0 Å². The normalized spacial score (nSPS) is 10.9. The van der Waals surface area contributed by atoms with E-state index in [1.54, 1.807) is 12.1 Å². The third-order valence-corrected chi connectivity index (χ3v) is 2.06. The summed E-state index contributed by atoms with van der Waals surface area (Å²) in [5, 5.41) is 0. The third-order valence-electron chi connectivity index (χ3n) is 2.06. The van der Waals surface area contributed by atoms with Crippen LogP contribution in [0.3, 0.4) is 0 Å². The standard InChI is InChI=1S/C10H13F2N.ClH/c1-2-10(11,12)9-5-3-8(7-13)4-6-9;/h3-6H,2,7,13H2,1H3;1H. The summed E-state index contributed by atoms with van der Waals surface area (Å²) in [6.07, 6.45) is -0.172. The molecule has 0 aliphatic heterocycles. The van der Waals surface area contributed by atoms with Crippen LogP contribution in [-0.2, 0) is 12.5 Å². The molecule has 0 saturated carbocycles. The molecule has 14 heavy (non-hydrogen) atoms. The van der Waals surface area contributed by atoms with Gasteiger partial charge >= 0.3 is 0 Å². The summed E-state index contributed by atoms with van der Waals surface area (Å²) in [5.74, 6) is -2.72. The van der Waals surface area contributed by atoms with Gasteiger partial charge < -0.3 is 5.73 Å². The summed E-state index contributed by atoms with van der Waals surface area (Å²) in [6, 6.07) is 6.15. The zero-order valence-corrected chi connectivity index (χ0v) is 8.78. The van der Waals surface area contributed by atoms with Gasteiger partial charge in [-0.05, 0) is 5.56 Å². The topological polar surface area (TPSA) is 26.0 Å². The van der Waals surface area contributed by atoms with Gasteiger partial charge in [0.15, 0.2) is 0 Å². The lowest BCUT2D eigenvalue weighted by atomic mass is 10.0. The van der Waals surface area contributed by atoms with Crippen molar-refractivity contribution in [3.63, 3.8) is 0 Å². The maximum atomic E-state index is 13.1. The Morgan fingerprint density at radius 3 is 2.07 bits per heavy atom. The quantitative estimate of drug-likeness (QED) is 0.834. The van der Waals surface area contributed by atoms with E-state index in [9.17, 15) is 8.78 Å².